The molecular weight excluding hydrogens is 316 g/mol. The third-order valence-corrected chi connectivity index (χ3v) is 4.78. The van der Waals surface area contributed by atoms with Crippen LogP contribution in [0.4, 0.5) is 5.69 Å². The molecule has 0 bridgehead atoms. The van der Waals surface area contributed by atoms with Gasteiger partial charge in [-0.1, -0.05) is 45.2 Å². The van der Waals surface area contributed by atoms with Crippen molar-refractivity contribution in [1.29, 1.82) is 0 Å². The van der Waals surface area contributed by atoms with Crippen LogP contribution in [-0.2, 0) is 9.53 Å². The molecule has 0 aliphatic heterocycles. The molecule has 1 aliphatic rings. The number of ether oxygens (including phenoxy) is 1. The van der Waals surface area contributed by atoms with Crippen LogP contribution in [0.25, 0.3) is 0 Å². The standard InChI is InChI=1S/C20H30N2O3/c1-3-4-13-21-18-12-8-6-10-16(18)20(24)25-14-19(23)22-17-11-7-5-9-15(17)2/h6,8,10,12,15,17,21H,3-5,7,9,11,13-14H2,1-2H3,(H,22,23). The molecule has 0 radical (unpaired) electrons. The Labute approximate surface area is 150 Å². The fraction of sp³-hybridized carbons (Fsp3) is 0.600. The van der Waals surface area contributed by atoms with Gasteiger partial charge in [0.2, 0.25) is 0 Å². The Kier molecular flexibility index (Phi) is 7.76. The van der Waals surface area contributed by atoms with Crippen molar-refractivity contribution >= 4 is 17.6 Å². The van der Waals surface area contributed by atoms with Gasteiger partial charge in [0.1, 0.15) is 0 Å². The number of carbonyl (C=O) groups excluding carboxylic acids is 2. The van der Waals surface area contributed by atoms with E-state index in [4.69, 9.17) is 4.74 Å². The predicted octanol–water partition coefficient (Wildman–Crippen LogP) is 3.75. The average Bonchev–Trinajstić information content (AvgIpc) is 2.62. The van der Waals surface area contributed by atoms with Crippen LogP contribution in [0.1, 0.15) is 62.7 Å². The first-order valence-electron chi connectivity index (χ1n) is 9.41. The number of carbonyl (C=O) groups is 2. The van der Waals surface area contributed by atoms with E-state index in [1.165, 1.54) is 6.42 Å². The van der Waals surface area contributed by atoms with Crippen LogP contribution in [0.2, 0.25) is 0 Å². The van der Waals surface area contributed by atoms with Crippen LogP contribution < -0.4 is 10.6 Å². The van der Waals surface area contributed by atoms with Crippen LogP contribution in [0.15, 0.2) is 24.3 Å². The Balaban J connectivity index is 1.84. The summed E-state index contributed by atoms with van der Waals surface area (Å²) in [6, 6.07) is 7.45. The molecule has 1 aliphatic carbocycles. The minimum absolute atomic E-state index is 0.197. The molecule has 2 N–H and O–H groups in total. The quantitative estimate of drug-likeness (QED) is 0.556. The summed E-state index contributed by atoms with van der Waals surface area (Å²) in [6.07, 6.45) is 6.63. The summed E-state index contributed by atoms with van der Waals surface area (Å²) in [6.45, 7) is 4.86. The zero-order valence-electron chi connectivity index (χ0n) is 15.3. The van der Waals surface area contributed by atoms with Gasteiger partial charge < -0.3 is 15.4 Å². The second-order valence-corrected chi connectivity index (χ2v) is 6.84. The summed E-state index contributed by atoms with van der Waals surface area (Å²) in [4.78, 5) is 24.4. The highest BCUT2D eigenvalue weighted by Gasteiger charge is 2.23. The fourth-order valence-corrected chi connectivity index (χ4v) is 3.20. The molecule has 0 spiro atoms. The van der Waals surface area contributed by atoms with Crippen LogP contribution in [0.3, 0.4) is 0 Å². The molecule has 1 aromatic rings. The van der Waals surface area contributed by atoms with E-state index in [1.807, 2.05) is 12.1 Å². The number of unbranched alkanes of at least 4 members (excludes halogenated alkanes) is 1. The molecule has 0 heterocycles. The monoisotopic (exact) mass is 346 g/mol. The lowest BCUT2D eigenvalue weighted by Crippen LogP contribution is -2.42. The average molecular weight is 346 g/mol. The van der Waals surface area contributed by atoms with Gasteiger partial charge in [-0.3, -0.25) is 4.79 Å². The number of nitrogens with one attached hydrogen (secondary N) is 2. The van der Waals surface area contributed by atoms with Gasteiger partial charge in [-0.2, -0.15) is 0 Å². The van der Waals surface area contributed by atoms with Crippen molar-refractivity contribution in [3.8, 4) is 0 Å². The normalized spacial score (nSPS) is 19.9. The molecule has 1 amide bonds. The molecule has 0 saturated heterocycles. The smallest absolute Gasteiger partial charge is 0.340 e. The number of benzene rings is 1. The molecule has 5 heteroatoms. The molecule has 1 fully saturated rings. The maximum Gasteiger partial charge on any atom is 0.340 e. The van der Waals surface area contributed by atoms with Crippen LogP contribution in [0.5, 0.6) is 0 Å². The maximum atomic E-state index is 12.3. The minimum atomic E-state index is -0.466. The molecule has 5 nitrogen and oxygen atoms in total. The SMILES string of the molecule is CCCCNc1ccccc1C(=O)OCC(=O)NC1CCCCC1C. The van der Waals surface area contributed by atoms with E-state index >= 15 is 0 Å². The Morgan fingerprint density at radius 3 is 2.72 bits per heavy atom. The van der Waals surface area contributed by atoms with Crippen LogP contribution in [-0.4, -0.2) is 31.1 Å². The Morgan fingerprint density at radius 1 is 1.20 bits per heavy atom. The van der Waals surface area contributed by atoms with Gasteiger partial charge in [0.25, 0.3) is 5.91 Å². The van der Waals surface area contributed by atoms with Crippen molar-refractivity contribution in [2.75, 3.05) is 18.5 Å². The highest BCUT2D eigenvalue weighted by molar-refractivity contribution is 5.96. The van der Waals surface area contributed by atoms with Crippen molar-refractivity contribution in [1.82, 2.24) is 5.32 Å². The molecule has 2 atom stereocenters. The number of para-hydroxylation sites is 1. The van der Waals surface area contributed by atoms with Crippen molar-refractivity contribution in [2.45, 2.75) is 58.4 Å². The number of hydrogen-bond acceptors (Lipinski definition) is 4. The Bertz CT molecular complexity index is 574. The van der Waals surface area contributed by atoms with Crippen molar-refractivity contribution in [3.05, 3.63) is 29.8 Å². The zero-order chi connectivity index (χ0) is 18.1. The minimum Gasteiger partial charge on any atom is -0.452 e. The summed E-state index contributed by atoms with van der Waals surface area (Å²) in [5, 5.41) is 6.25. The van der Waals surface area contributed by atoms with E-state index in [-0.39, 0.29) is 18.6 Å². The van der Waals surface area contributed by atoms with Gasteiger partial charge in [-0.05, 0) is 37.3 Å². The van der Waals surface area contributed by atoms with Crippen LogP contribution in [0, 0.1) is 5.92 Å². The first-order valence-corrected chi connectivity index (χ1v) is 9.41. The molecule has 2 rings (SSSR count). The maximum absolute atomic E-state index is 12.3. The fourth-order valence-electron chi connectivity index (χ4n) is 3.20. The van der Waals surface area contributed by atoms with E-state index in [0.29, 0.717) is 11.5 Å². The molecule has 1 saturated carbocycles. The van der Waals surface area contributed by atoms with Crippen molar-refractivity contribution in [3.63, 3.8) is 0 Å². The highest BCUT2D eigenvalue weighted by Crippen LogP contribution is 2.23. The van der Waals surface area contributed by atoms with Gasteiger partial charge in [-0.15, -0.1) is 0 Å². The second kappa shape index (κ2) is 10.1. The Morgan fingerprint density at radius 2 is 1.96 bits per heavy atom. The van der Waals surface area contributed by atoms with E-state index < -0.39 is 5.97 Å². The summed E-state index contributed by atoms with van der Waals surface area (Å²) in [5.41, 5.74) is 1.22. The number of esters is 1. The predicted molar refractivity (Wildman–Crippen MR) is 99.7 cm³/mol. The number of anilines is 1. The number of amides is 1. The molecule has 1 aromatic carbocycles. The topological polar surface area (TPSA) is 67.4 Å². The van der Waals surface area contributed by atoms with E-state index in [2.05, 4.69) is 24.5 Å². The first kappa shape index (κ1) is 19.3. The van der Waals surface area contributed by atoms with Gasteiger partial charge in [0.15, 0.2) is 6.61 Å². The van der Waals surface area contributed by atoms with Gasteiger partial charge in [-0.25, -0.2) is 4.79 Å². The van der Waals surface area contributed by atoms with E-state index in [9.17, 15) is 9.59 Å². The molecule has 0 aromatic heterocycles. The highest BCUT2D eigenvalue weighted by atomic mass is 16.5. The lowest BCUT2D eigenvalue weighted by Gasteiger charge is -2.29. The third-order valence-electron chi connectivity index (χ3n) is 4.78. The summed E-state index contributed by atoms with van der Waals surface area (Å²) < 4.78 is 5.22. The second-order valence-electron chi connectivity index (χ2n) is 6.84. The molecule has 2 unspecified atom stereocenters. The van der Waals surface area contributed by atoms with Gasteiger partial charge in [0.05, 0.1) is 5.56 Å². The third kappa shape index (κ3) is 6.07. The molecular formula is C20H30N2O3. The Hall–Kier alpha value is -2.04. The molecule has 25 heavy (non-hydrogen) atoms. The zero-order valence-corrected chi connectivity index (χ0v) is 15.3. The van der Waals surface area contributed by atoms with Gasteiger partial charge >= 0.3 is 5.97 Å². The van der Waals surface area contributed by atoms with E-state index in [0.717, 1.165) is 44.3 Å². The van der Waals surface area contributed by atoms with Crippen molar-refractivity contribution in [2.24, 2.45) is 5.92 Å². The summed E-state index contributed by atoms with van der Waals surface area (Å²) >= 11 is 0. The first-order chi connectivity index (χ1) is 12.1. The number of rotatable bonds is 8. The summed E-state index contributed by atoms with van der Waals surface area (Å²) in [7, 11) is 0. The van der Waals surface area contributed by atoms with Gasteiger partial charge in [0, 0.05) is 18.3 Å². The van der Waals surface area contributed by atoms with E-state index in [1.54, 1.807) is 12.1 Å². The largest absolute Gasteiger partial charge is 0.452 e. The van der Waals surface area contributed by atoms with Crippen molar-refractivity contribution < 1.29 is 14.3 Å². The lowest BCUT2D eigenvalue weighted by molar-refractivity contribution is -0.125. The number of hydrogen-bond donors (Lipinski definition) is 2. The lowest BCUT2D eigenvalue weighted by atomic mass is 9.86. The van der Waals surface area contributed by atoms with Crippen LogP contribution >= 0.6 is 0 Å². The molecule has 138 valence electrons. The summed E-state index contributed by atoms with van der Waals surface area (Å²) in [5.74, 6) is -0.202.